The van der Waals surface area contributed by atoms with E-state index in [1.807, 2.05) is 0 Å². The molecule has 1 amide bonds. The Morgan fingerprint density at radius 1 is 1.38 bits per heavy atom. The normalized spacial score (nSPS) is 15.4. The van der Waals surface area contributed by atoms with Crippen LogP contribution in [-0.2, 0) is 11.2 Å². The van der Waals surface area contributed by atoms with Gasteiger partial charge in [0, 0.05) is 17.8 Å². The van der Waals surface area contributed by atoms with Gasteiger partial charge in [0.05, 0.1) is 6.54 Å². The van der Waals surface area contributed by atoms with Gasteiger partial charge in [-0.15, -0.1) is 0 Å². The van der Waals surface area contributed by atoms with E-state index in [1.54, 1.807) is 18.2 Å². The molecule has 1 aromatic carbocycles. The number of alkyl halides is 2. The Balaban J connectivity index is 2.36. The topological polar surface area (TPSA) is 46.3 Å². The maximum absolute atomic E-state index is 12.3. The number of carbonyl (C=O) groups is 1. The third kappa shape index (κ3) is 1.98. The van der Waals surface area contributed by atoms with Crippen molar-refractivity contribution in [3.8, 4) is 0 Å². The van der Waals surface area contributed by atoms with E-state index in [-0.39, 0.29) is 12.3 Å². The van der Waals surface area contributed by atoms with Gasteiger partial charge >= 0.3 is 0 Å². The molecule has 1 aliphatic rings. The Morgan fingerprint density at radius 3 is 2.81 bits per heavy atom. The van der Waals surface area contributed by atoms with Crippen LogP contribution >= 0.6 is 0 Å². The summed E-state index contributed by atoms with van der Waals surface area (Å²) in [5.74, 6) is -0.252. The third-order valence-electron chi connectivity index (χ3n) is 2.62. The smallest absolute Gasteiger partial charge is 0.256 e. The molecule has 0 saturated heterocycles. The maximum Gasteiger partial charge on any atom is 0.256 e. The molecule has 0 bridgehead atoms. The lowest BCUT2D eigenvalue weighted by molar-refractivity contribution is -0.119. The average Bonchev–Trinajstić information content (AvgIpc) is 2.22. The summed E-state index contributed by atoms with van der Waals surface area (Å²) in [6.45, 7) is -0.546. The Bertz CT molecular complexity index is 420. The highest BCUT2D eigenvalue weighted by Crippen LogP contribution is 2.29. The van der Waals surface area contributed by atoms with Crippen molar-refractivity contribution in [2.45, 2.75) is 19.3 Å². The number of nitrogen functional groups attached to an aromatic ring is 1. The van der Waals surface area contributed by atoms with E-state index in [0.29, 0.717) is 17.8 Å². The van der Waals surface area contributed by atoms with Gasteiger partial charge in [-0.2, -0.15) is 0 Å². The lowest BCUT2D eigenvalue weighted by Crippen LogP contribution is -2.38. The van der Waals surface area contributed by atoms with Crippen LogP contribution in [0.15, 0.2) is 18.2 Å². The molecule has 1 aromatic rings. The first-order chi connectivity index (χ1) is 7.58. The monoisotopic (exact) mass is 226 g/mol. The lowest BCUT2D eigenvalue weighted by atomic mass is 10.0. The van der Waals surface area contributed by atoms with Gasteiger partial charge in [0.15, 0.2) is 0 Å². The number of fused-ring (bicyclic) bond motifs is 1. The summed E-state index contributed by atoms with van der Waals surface area (Å²) in [7, 11) is 0. The molecule has 0 spiro atoms. The summed E-state index contributed by atoms with van der Waals surface area (Å²) >= 11 is 0. The van der Waals surface area contributed by atoms with Crippen LogP contribution in [0.3, 0.4) is 0 Å². The highest BCUT2D eigenvalue weighted by atomic mass is 19.3. The van der Waals surface area contributed by atoms with Gasteiger partial charge in [-0.25, -0.2) is 8.78 Å². The zero-order valence-corrected chi connectivity index (χ0v) is 8.62. The minimum Gasteiger partial charge on any atom is -0.399 e. The highest BCUT2D eigenvalue weighted by Gasteiger charge is 2.26. The van der Waals surface area contributed by atoms with Crippen LogP contribution in [-0.4, -0.2) is 18.9 Å². The van der Waals surface area contributed by atoms with E-state index >= 15 is 0 Å². The van der Waals surface area contributed by atoms with Crippen molar-refractivity contribution in [1.29, 1.82) is 0 Å². The number of hydrogen-bond donors (Lipinski definition) is 1. The molecule has 0 radical (unpaired) electrons. The van der Waals surface area contributed by atoms with Crippen molar-refractivity contribution < 1.29 is 13.6 Å². The Morgan fingerprint density at radius 2 is 2.12 bits per heavy atom. The van der Waals surface area contributed by atoms with Crippen molar-refractivity contribution in [2.24, 2.45) is 0 Å². The average molecular weight is 226 g/mol. The largest absolute Gasteiger partial charge is 0.399 e. The number of rotatable bonds is 2. The molecule has 0 aromatic heterocycles. The van der Waals surface area contributed by atoms with E-state index < -0.39 is 13.0 Å². The van der Waals surface area contributed by atoms with Crippen molar-refractivity contribution in [2.75, 3.05) is 17.2 Å². The van der Waals surface area contributed by atoms with Crippen LogP contribution in [0.5, 0.6) is 0 Å². The summed E-state index contributed by atoms with van der Waals surface area (Å²) in [5.41, 5.74) is 7.62. The fourth-order valence-electron chi connectivity index (χ4n) is 1.92. The van der Waals surface area contributed by atoms with Gasteiger partial charge in [-0.05, 0) is 30.2 Å². The number of nitrogens with two attached hydrogens (primary N) is 1. The molecule has 0 unspecified atom stereocenters. The third-order valence-corrected chi connectivity index (χ3v) is 2.62. The zero-order valence-electron chi connectivity index (χ0n) is 8.62. The summed E-state index contributed by atoms with van der Waals surface area (Å²) in [5, 5.41) is 0. The second-order valence-corrected chi connectivity index (χ2v) is 3.78. The van der Waals surface area contributed by atoms with E-state index in [1.165, 1.54) is 0 Å². The fraction of sp³-hybridized carbons (Fsp3) is 0.364. The second-order valence-electron chi connectivity index (χ2n) is 3.78. The van der Waals surface area contributed by atoms with Crippen LogP contribution in [0.2, 0.25) is 0 Å². The van der Waals surface area contributed by atoms with Crippen LogP contribution in [0, 0.1) is 0 Å². The minimum atomic E-state index is -2.52. The lowest BCUT2D eigenvalue weighted by Gasteiger charge is -2.29. The summed E-state index contributed by atoms with van der Waals surface area (Å²) in [6.07, 6.45) is -1.69. The maximum atomic E-state index is 12.3. The molecular weight excluding hydrogens is 214 g/mol. The van der Waals surface area contributed by atoms with E-state index in [9.17, 15) is 13.6 Å². The number of anilines is 2. The molecule has 86 valence electrons. The molecule has 2 rings (SSSR count). The molecule has 1 heterocycles. The summed E-state index contributed by atoms with van der Waals surface area (Å²) in [4.78, 5) is 12.7. The van der Waals surface area contributed by atoms with E-state index in [0.717, 1.165) is 10.5 Å². The Hall–Kier alpha value is -1.65. The molecule has 0 saturated carbocycles. The molecule has 0 aliphatic carbocycles. The van der Waals surface area contributed by atoms with Crippen molar-refractivity contribution in [3.63, 3.8) is 0 Å². The van der Waals surface area contributed by atoms with Gasteiger partial charge in [0.1, 0.15) is 0 Å². The number of hydrogen-bond acceptors (Lipinski definition) is 2. The van der Waals surface area contributed by atoms with Gasteiger partial charge in [-0.3, -0.25) is 4.79 Å². The number of carbonyl (C=O) groups excluding carboxylic acids is 1. The van der Waals surface area contributed by atoms with Crippen molar-refractivity contribution >= 4 is 17.3 Å². The fourth-order valence-corrected chi connectivity index (χ4v) is 1.92. The van der Waals surface area contributed by atoms with Gasteiger partial charge in [-0.1, -0.05) is 0 Å². The molecule has 2 N–H and O–H groups in total. The van der Waals surface area contributed by atoms with Crippen LogP contribution in [0.25, 0.3) is 0 Å². The summed E-state index contributed by atoms with van der Waals surface area (Å²) in [6, 6.07) is 4.99. The Labute approximate surface area is 91.8 Å². The molecule has 16 heavy (non-hydrogen) atoms. The van der Waals surface area contributed by atoms with Crippen LogP contribution in [0.4, 0.5) is 20.2 Å². The predicted molar refractivity (Wildman–Crippen MR) is 57.5 cm³/mol. The number of amides is 1. The molecule has 1 aliphatic heterocycles. The zero-order chi connectivity index (χ0) is 11.7. The second kappa shape index (κ2) is 4.08. The first kappa shape index (κ1) is 10.9. The van der Waals surface area contributed by atoms with Crippen LogP contribution in [0.1, 0.15) is 12.0 Å². The first-order valence-corrected chi connectivity index (χ1v) is 5.05. The number of nitrogens with zero attached hydrogens (tertiary/aromatic N) is 1. The molecule has 5 heteroatoms. The van der Waals surface area contributed by atoms with E-state index in [2.05, 4.69) is 0 Å². The van der Waals surface area contributed by atoms with Gasteiger partial charge < -0.3 is 10.6 Å². The van der Waals surface area contributed by atoms with Gasteiger partial charge in [0.2, 0.25) is 5.91 Å². The molecule has 0 atom stereocenters. The van der Waals surface area contributed by atoms with Gasteiger partial charge in [0.25, 0.3) is 6.43 Å². The minimum absolute atomic E-state index is 0.252. The SMILES string of the molecule is Nc1ccc2c(c1)CCC(=O)N2CC(F)F. The van der Waals surface area contributed by atoms with E-state index in [4.69, 9.17) is 5.73 Å². The number of benzene rings is 1. The number of halogens is 2. The Kier molecular flexibility index (Phi) is 2.77. The highest BCUT2D eigenvalue weighted by molar-refractivity contribution is 5.96. The molecule has 3 nitrogen and oxygen atoms in total. The molecular formula is C11H12F2N2O. The summed E-state index contributed by atoms with van der Waals surface area (Å²) < 4.78 is 24.7. The van der Waals surface area contributed by atoms with Crippen molar-refractivity contribution in [3.05, 3.63) is 23.8 Å². The standard InChI is InChI=1S/C11H12F2N2O/c12-10(13)6-15-9-3-2-8(14)5-7(9)1-4-11(15)16/h2-3,5,10H,1,4,6,14H2. The van der Waals surface area contributed by atoms with Crippen molar-refractivity contribution in [1.82, 2.24) is 0 Å². The number of aryl methyl sites for hydroxylation is 1. The van der Waals surface area contributed by atoms with Crippen LogP contribution < -0.4 is 10.6 Å². The first-order valence-electron chi connectivity index (χ1n) is 5.05. The molecule has 0 fully saturated rings. The predicted octanol–water partition coefficient (Wildman–Crippen LogP) is 1.81. The quantitative estimate of drug-likeness (QED) is 0.782.